The van der Waals surface area contributed by atoms with Crippen LogP contribution in [0.3, 0.4) is 0 Å². The van der Waals surface area contributed by atoms with Crippen molar-refractivity contribution in [1.82, 2.24) is 5.32 Å². The van der Waals surface area contributed by atoms with Crippen LogP contribution in [0.25, 0.3) is 0 Å². The summed E-state index contributed by atoms with van der Waals surface area (Å²) in [6, 6.07) is 20.6. The van der Waals surface area contributed by atoms with E-state index in [4.69, 9.17) is 9.15 Å². The van der Waals surface area contributed by atoms with Crippen molar-refractivity contribution in [3.63, 3.8) is 0 Å². The summed E-state index contributed by atoms with van der Waals surface area (Å²) < 4.78 is 10.8. The van der Waals surface area contributed by atoms with E-state index < -0.39 is 0 Å². The summed E-state index contributed by atoms with van der Waals surface area (Å²) in [4.78, 5) is 0. The quantitative estimate of drug-likeness (QED) is 0.616. The number of furan rings is 1. The number of hydrogen-bond donors (Lipinski definition) is 1. The maximum atomic E-state index is 5.45. The third-order valence-corrected chi connectivity index (χ3v) is 4.22. The zero-order valence-corrected chi connectivity index (χ0v) is 15.9. The molecule has 0 amide bonds. The van der Waals surface area contributed by atoms with E-state index in [9.17, 15) is 0 Å². The minimum Gasteiger partial charge on any atom is -0.494 e. The smallest absolute Gasteiger partial charge is 0.119 e. The molecule has 0 aliphatic rings. The molecule has 1 unspecified atom stereocenters. The molecule has 1 N–H and O–H groups in total. The van der Waals surface area contributed by atoms with Gasteiger partial charge in [-0.1, -0.05) is 24.0 Å². The molecule has 0 fully saturated rings. The van der Waals surface area contributed by atoms with Crippen molar-refractivity contribution >= 4 is 0 Å². The highest BCUT2D eigenvalue weighted by Crippen LogP contribution is 2.12. The molecule has 1 aromatic heterocycles. The Kier molecular flexibility index (Phi) is 6.73. The second-order valence-corrected chi connectivity index (χ2v) is 6.47. The molecular formula is C24H25NO2. The first kappa shape index (κ1) is 18.8. The summed E-state index contributed by atoms with van der Waals surface area (Å²) in [5.41, 5.74) is 3.29. The van der Waals surface area contributed by atoms with Crippen LogP contribution in [0.2, 0.25) is 0 Å². The average Bonchev–Trinajstić information content (AvgIpc) is 3.21. The number of rotatable bonds is 7. The fourth-order valence-electron chi connectivity index (χ4n) is 2.78. The van der Waals surface area contributed by atoms with E-state index in [-0.39, 0.29) is 0 Å². The molecule has 27 heavy (non-hydrogen) atoms. The SMILES string of the molecule is CCOc1ccc(C#Cc2ccc(CC(C)NCc3ccco3)cc2)cc1. The van der Waals surface area contributed by atoms with Gasteiger partial charge in [0.1, 0.15) is 11.5 Å². The molecule has 0 saturated heterocycles. The normalized spacial score (nSPS) is 11.5. The molecule has 3 nitrogen and oxygen atoms in total. The van der Waals surface area contributed by atoms with Gasteiger partial charge in [-0.3, -0.25) is 0 Å². The highest BCUT2D eigenvalue weighted by atomic mass is 16.5. The van der Waals surface area contributed by atoms with Crippen LogP contribution in [-0.2, 0) is 13.0 Å². The van der Waals surface area contributed by atoms with Gasteiger partial charge in [-0.15, -0.1) is 0 Å². The standard InChI is InChI=1S/C24H25NO2/c1-3-26-23-14-12-21(13-15-23)7-6-20-8-10-22(11-9-20)17-19(2)25-18-24-5-4-16-27-24/h4-5,8-16,19,25H,3,17-18H2,1-2H3. The molecule has 3 heteroatoms. The molecule has 0 aliphatic heterocycles. The fourth-order valence-corrected chi connectivity index (χ4v) is 2.78. The van der Waals surface area contributed by atoms with E-state index in [2.05, 4.69) is 48.3 Å². The van der Waals surface area contributed by atoms with Gasteiger partial charge in [0.25, 0.3) is 0 Å². The first-order chi connectivity index (χ1) is 13.2. The molecule has 2 aromatic carbocycles. The predicted octanol–water partition coefficient (Wildman–Crippen LogP) is 4.80. The number of nitrogens with one attached hydrogen (secondary N) is 1. The predicted molar refractivity (Wildman–Crippen MR) is 109 cm³/mol. The summed E-state index contributed by atoms with van der Waals surface area (Å²) in [6.07, 6.45) is 2.67. The van der Waals surface area contributed by atoms with Gasteiger partial charge in [-0.25, -0.2) is 0 Å². The van der Waals surface area contributed by atoms with Crippen molar-refractivity contribution in [2.24, 2.45) is 0 Å². The topological polar surface area (TPSA) is 34.4 Å². The molecule has 0 saturated carbocycles. The average molecular weight is 359 g/mol. The van der Waals surface area contributed by atoms with Crippen LogP contribution in [0.5, 0.6) is 5.75 Å². The van der Waals surface area contributed by atoms with Gasteiger partial charge in [0, 0.05) is 17.2 Å². The summed E-state index contributed by atoms with van der Waals surface area (Å²) in [6.45, 7) is 5.59. The summed E-state index contributed by atoms with van der Waals surface area (Å²) in [5.74, 6) is 8.25. The van der Waals surface area contributed by atoms with E-state index in [1.165, 1.54) is 5.56 Å². The summed E-state index contributed by atoms with van der Waals surface area (Å²) in [7, 11) is 0. The van der Waals surface area contributed by atoms with Crippen LogP contribution in [0.1, 0.15) is 36.3 Å². The van der Waals surface area contributed by atoms with Crippen molar-refractivity contribution in [3.8, 4) is 17.6 Å². The highest BCUT2D eigenvalue weighted by molar-refractivity contribution is 5.44. The Balaban J connectivity index is 1.52. The Bertz CT molecular complexity index is 869. The maximum absolute atomic E-state index is 5.45. The third-order valence-electron chi connectivity index (χ3n) is 4.22. The van der Waals surface area contributed by atoms with Crippen LogP contribution in [-0.4, -0.2) is 12.6 Å². The number of ether oxygens (including phenoxy) is 1. The lowest BCUT2D eigenvalue weighted by Crippen LogP contribution is -2.27. The summed E-state index contributed by atoms with van der Waals surface area (Å²) >= 11 is 0. The van der Waals surface area contributed by atoms with Crippen molar-refractivity contribution < 1.29 is 9.15 Å². The molecule has 3 rings (SSSR count). The number of benzene rings is 2. The van der Waals surface area contributed by atoms with Gasteiger partial charge < -0.3 is 14.5 Å². The van der Waals surface area contributed by atoms with E-state index in [1.807, 2.05) is 43.3 Å². The number of hydrogen-bond acceptors (Lipinski definition) is 3. The molecule has 0 spiro atoms. The molecule has 0 radical (unpaired) electrons. The van der Waals surface area contributed by atoms with E-state index >= 15 is 0 Å². The first-order valence-corrected chi connectivity index (χ1v) is 9.32. The lowest BCUT2D eigenvalue weighted by molar-refractivity contribution is 0.340. The second-order valence-electron chi connectivity index (χ2n) is 6.47. The minimum atomic E-state index is 0.371. The third kappa shape index (κ3) is 6.06. The van der Waals surface area contributed by atoms with Crippen molar-refractivity contribution in [2.75, 3.05) is 6.61 Å². The van der Waals surface area contributed by atoms with Crippen LogP contribution < -0.4 is 10.1 Å². The fraction of sp³-hybridized carbons (Fsp3) is 0.250. The van der Waals surface area contributed by atoms with Gasteiger partial charge in [-0.05, 0) is 74.4 Å². The van der Waals surface area contributed by atoms with Gasteiger partial charge in [0.05, 0.1) is 19.4 Å². The zero-order chi connectivity index (χ0) is 18.9. The van der Waals surface area contributed by atoms with Gasteiger partial charge in [-0.2, -0.15) is 0 Å². The molecule has 0 bridgehead atoms. The van der Waals surface area contributed by atoms with Crippen LogP contribution in [0, 0.1) is 11.8 Å². The molecule has 0 aliphatic carbocycles. The monoisotopic (exact) mass is 359 g/mol. The first-order valence-electron chi connectivity index (χ1n) is 9.32. The van der Waals surface area contributed by atoms with E-state index in [0.29, 0.717) is 12.6 Å². The van der Waals surface area contributed by atoms with E-state index in [0.717, 1.165) is 35.6 Å². The van der Waals surface area contributed by atoms with Crippen LogP contribution in [0.4, 0.5) is 0 Å². The zero-order valence-electron chi connectivity index (χ0n) is 15.9. The van der Waals surface area contributed by atoms with Gasteiger partial charge >= 0.3 is 0 Å². The summed E-state index contributed by atoms with van der Waals surface area (Å²) in [5, 5.41) is 3.48. The van der Waals surface area contributed by atoms with Crippen LogP contribution >= 0.6 is 0 Å². The van der Waals surface area contributed by atoms with Gasteiger partial charge in [0.15, 0.2) is 0 Å². The second kappa shape index (κ2) is 9.66. The maximum Gasteiger partial charge on any atom is 0.119 e. The Hall–Kier alpha value is -2.96. The Morgan fingerprint density at radius 3 is 2.22 bits per heavy atom. The Labute approximate surface area is 161 Å². The molecule has 3 aromatic rings. The van der Waals surface area contributed by atoms with Crippen molar-refractivity contribution in [2.45, 2.75) is 32.9 Å². The Morgan fingerprint density at radius 2 is 1.63 bits per heavy atom. The Morgan fingerprint density at radius 1 is 0.963 bits per heavy atom. The molecule has 138 valence electrons. The molecule has 1 atom stereocenters. The molecule has 1 heterocycles. The molecular weight excluding hydrogens is 334 g/mol. The van der Waals surface area contributed by atoms with Crippen molar-refractivity contribution in [3.05, 3.63) is 89.4 Å². The van der Waals surface area contributed by atoms with Crippen molar-refractivity contribution in [1.29, 1.82) is 0 Å². The van der Waals surface area contributed by atoms with Crippen LogP contribution in [0.15, 0.2) is 71.3 Å². The lowest BCUT2D eigenvalue weighted by Gasteiger charge is -2.12. The van der Waals surface area contributed by atoms with E-state index in [1.54, 1.807) is 6.26 Å². The highest BCUT2D eigenvalue weighted by Gasteiger charge is 2.04. The lowest BCUT2D eigenvalue weighted by atomic mass is 10.0. The largest absolute Gasteiger partial charge is 0.494 e. The minimum absolute atomic E-state index is 0.371. The van der Waals surface area contributed by atoms with Gasteiger partial charge in [0.2, 0.25) is 0 Å².